The Morgan fingerprint density at radius 3 is 2.75 bits per heavy atom. The van der Waals surface area contributed by atoms with Crippen molar-refractivity contribution in [2.24, 2.45) is 5.73 Å². The maximum Gasteiger partial charge on any atom is 0.0958 e. The lowest BCUT2D eigenvalue weighted by Crippen LogP contribution is -2.26. The lowest BCUT2D eigenvalue weighted by molar-refractivity contribution is 0.0342. The molecule has 0 saturated heterocycles. The largest absolute Gasteiger partial charge is 0.385 e. The molecular formula is C16H15Cl2NO. The average molecular weight is 308 g/mol. The summed E-state index contributed by atoms with van der Waals surface area (Å²) < 4.78 is 0. The van der Waals surface area contributed by atoms with E-state index in [1.807, 2.05) is 24.3 Å². The van der Waals surface area contributed by atoms with Crippen molar-refractivity contribution in [2.45, 2.75) is 24.5 Å². The van der Waals surface area contributed by atoms with Gasteiger partial charge < -0.3 is 10.8 Å². The smallest absolute Gasteiger partial charge is 0.0958 e. The second-order valence-corrected chi connectivity index (χ2v) is 6.19. The lowest BCUT2D eigenvalue weighted by Gasteiger charge is -2.25. The quantitative estimate of drug-likeness (QED) is 0.886. The summed E-state index contributed by atoms with van der Waals surface area (Å²) in [5.74, 6) is 0. The van der Waals surface area contributed by atoms with Gasteiger partial charge in [0.15, 0.2) is 0 Å². The Hall–Kier alpha value is -1.06. The summed E-state index contributed by atoms with van der Waals surface area (Å²) in [5.41, 5.74) is 7.88. The summed E-state index contributed by atoms with van der Waals surface area (Å²) in [6.07, 6.45) is 0.909. The number of halogens is 2. The Morgan fingerprint density at radius 1 is 1.20 bits per heavy atom. The summed E-state index contributed by atoms with van der Waals surface area (Å²) >= 11 is 12.2. The molecule has 2 aromatic rings. The zero-order chi connectivity index (χ0) is 14.3. The van der Waals surface area contributed by atoms with Crippen LogP contribution < -0.4 is 5.73 Å². The number of hydrogen-bond donors (Lipinski definition) is 2. The molecule has 0 saturated carbocycles. The zero-order valence-electron chi connectivity index (χ0n) is 10.8. The minimum Gasteiger partial charge on any atom is -0.385 e. The molecule has 0 spiro atoms. The van der Waals surface area contributed by atoms with Gasteiger partial charge in [0.1, 0.15) is 0 Å². The van der Waals surface area contributed by atoms with E-state index in [4.69, 9.17) is 28.9 Å². The number of rotatable bonds is 2. The first-order valence-electron chi connectivity index (χ1n) is 6.51. The molecule has 2 aromatic carbocycles. The lowest BCUT2D eigenvalue weighted by atomic mass is 9.88. The Labute approximate surface area is 128 Å². The van der Waals surface area contributed by atoms with Crippen molar-refractivity contribution in [3.05, 3.63) is 69.2 Å². The van der Waals surface area contributed by atoms with E-state index in [1.165, 1.54) is 0 Å². The van der Waals surface area contributed by atoms with Crippen molar-refractivity contribution in [3.8, 4) is 0 Å². The highest BCUT2D eigenvalue weighted by molar-refractivity contribution is 6.33. The minimum atomic E-state index is -0.982. The van der Waals surface area contributed by atoms with Crippen LogP contribution in [0.3, 0.4) is 0 Å². The average Bonchev–Trinajstić information content (AvgIpc) is 2.67. The fourth-order valence-corrected chi connectivity index (χ4v) is 3.37. The van der Waals surface area contributed by atoms with Crippen molar-refractivity contribution < 1.29 is 5.11 Å². The molecule has 0 amide bonds. The van der Waals surface area contributed by atoms with Gasteiger partial charge in [0, 0.05) is 22.5 Å². The van der Waals surface area contributed by atoms with Gasteiger partial charge in [-0.1, -0.05) is 47.5 Å². The topological polar surface area (TPSA) is 46.2 Å². The van der Waals surface area contributed by atoms with Crippen LogP contribution in [0, 0.1) is 0 Å². The first-order chi connectivity index (χ1) is 9.49. The third-order valence-electron chi connectivity index (χ3n) is 3.91. The van der Waals surface area contributed by atoms with Gasteiger partial charge in [-0.15, -0.1) is 0 Å². The highest BCUT2D eigenvalue weighted by atomic mass is 35.5. The number of fused-ring (bicyclic) bond motifs is 1. The molecule has 3 N–H and O–H groups in total. The molecule has 0 aromatic heterocycles. The van der Waals surface area contributed by atoms with Crippen LogP contribution in [0.25, 0.3) is 0 Å². The minimum absolute atomic E-state index is 0.144. The molecule has 4 heteroatoms. The second kappa shape index (κ2) is 5.05. The Balaban J connectivity index is 2.01. The Bertz CT molecular complexity index is 659. The molecule has 3 rings (SSSR count). The molecule has 0 bridgehead atoms. The summed E-state index contributed by atoms with van der Waals surface area (Å²) in [6.45, 7) is 0. The molecular weight excluding hydrogens is 293 g/mol. The summed E-state index contributed by atoms with van der Waals surface area (Å²) in [4.78, 5) is 0. The van der Waals surface area contributed by atoms with Crippen molar-refractivity contribution in [3.63, 3.8) is 0 Å². The second-order valence-electron chi connectivity index (χ2n) is 5.34. The van der Waals surface area contributed by atoms with Gasteiger partial charge >= 0.3 is 0 Å². The van der Waals surface area contributed by atoms with Crippen LogP contribution in [-0.4, -0.2) is 5.11 Å². The van der Waals surface area contributed by atoms with Gasteiger partial charge in [-0.25, -0.2) is 0 Å². The van der Waals surface area contributed by atoms with E-state index in [-0.39, 0.29) is 6.04 Å². The van der Waals surface area contributed by atoms with Gasteiger partial charge in [-0.2, -0.15) is 0 Å². The van der Waals surface area contributed by atoms with Crippen LogP contribution in [0.2, 0.25) is 10.0 Å². The van der Waals surface area contributed by atoms with Crippen LogP contribution >= 0.6 is 23.2 Å². The Kier molecular flexibility index (Phi) is 3.51. The van der Waals surface area contributed by atoms with Gasteiger partial charge in [0.05, 0.1) is 5.60 Å². The number of benzene rings is 2. The predicted molar refractivity (Wildman–Crippen MR) is 82.1 cm³/mol. The van der Waals surface area contributed by atoms with Crippen molar-refractivity contribution in [1.29, 1.82) is 0 Å². The van der Waals surface area contributed by atoms with Crippen LogP contribution in [0.5, 0.6) is 0 Å². The predicted octanol–water partition coefficient (Wildman–Crippen LogP) is 3.83. The first kappa shape index (κ1) is 13.9. The van der Waals surface area contributed by atoms with E-state index in [9.17, 15) is 5.11 Å². The molecule has 1 aliphatic carbocycles. The van der Waals surface area contributed by atoms with Crippen molar-refractivity contribution in [2.75, 3.05) is 0 Å². The number of hydrogen-bond acceptors (Lipinski definition) is 2. The monoisotopic (exact) mass is 307 g/mol. The van der Waals surface area contributed by atoms with Crippen LogP contribution in [0.15, 0.2) is 42.5 Å². The van der Waals surface area contributed by atoms with Crippen molar-refractivity contribution in [1.82, 2.24) is 0 Å². The van der Waals surface area contributed by atoms with Crippen LogP contribution in [-0.2, 0) is 12.0 Å². The Morgan fingerprint density at radius 2 is 1.95 bits per heavy atom. The first-order valence-corrected chi connectivity index (χ1v) is 7.26. The normalized spacial score (nSPS) is 24.7. The van der Waals surface area contributed by atoms with E-state index < -0.39 is 5.60 Å². The SMILES string of the molecule is NC1CC(O)(Cc2cc(Cl)ccc2Cl)c2ccccc21. The van der Waals surface area contributed by atoms with Gasteiger partial charge in [0.25, 0.3) is 0 Å². The molecule has 2 atom stereocenters. The van der Waals surface area contributed by atoms with Gasteiger partial charge in [0.2, 0.25) is 0 Å². The third kappa shape index (κ3) is 2.33. The fraction of sp³-hybridized carbons (Fsp3) is 0.250. The summed E-state index contributed by atoms with van der Waals surface area (Å²) in [7, 11) is 0. The number of aliphatic hydroxyl groups is 1. The molecule has 0 radical (unpaired) electrons. The molecule has 20 heavy (non-hydrogen) atoms. The van der Waals surface area contributed by atoms with E-state index in [0.29, 0.717) is 22.9 Å². The van der Waals surface area contributed by atoms with E-state index >= 15 is 0 Å². The molecule has 104 valence electrons. The maximum absolute atomic E-state index is 11.0. The zero-order valence-corrected chi connectivity index (χ0v) is 12.3. The fourth-order valence-electron chi connectivity index (χ4n) is 2.99. The van der Waals surface area contributed by atoms with Gasteiger partial charge in [-0.05, 0) is 41.3 Å². The molecule has 2 unspecified atom stereocenters. The molecule has 2 nitrogen and oxygen atoms in total. The molecule has 0 fully saturated rings. The van der Waals surface area contributed by atoms with Crippen LogP contribution in [0.4, 0.5) is 0 Å². The molecule has 1 aliphatic rings. The third-order valence-corrected chi connectivity index (χ3v) is 4.51. The van der Waals surface area contributed by atoms with E-state index in [0.717, 1.165) is 16.7 Å². The van der Waals surface area contributed by atoms with Crippen LogP contribution in [0.1, 0.15) is 29.2 Å². The summed E-state index contributed by atoms with van der Waals surface area (Å²) in [5, 5.41) is 12.2. The van der Waals surface area contributed by atoms with E-state index in [1.54, 1.807) is 18.2 Å². The highest BCUT2D eigenvalue weighted by Gasteiger charge is 2.41. The van der Waals surface area contributed by atoms with E-state index in [2.05, 4.69) is 0 Å². The number of nitrogens with two attached hydrogens (primary N) is 1. The highest BCUT2D eigenvalue weighted by Crippen LogP contribution is 2.44. The molecule has 0 heterocycles. The van der Waals surface area contributed by atoms with Gasteiger partial charge in [-0.3, -0.25) is 0 Å². The van der Waals surface area contributed by atoms with Crippen molar-refractivity contribution >= 4 is 23.2 Å². The standard InChI is InChI=1S/C16H15Cl2NO/c17-11-5-6-14(18)10(7-11)8-16(20)9-15(19)12-3-1-2-4-13(12)16/h1-7,15,20H,8-9,19H2. The summed E-state index contributed by atoms with van der Waals surface area (Å²) in [6, 6.07) is 12.9. The maximum atomic E-state index is 11.0. The molecule has 0 aliphatic heterocycles.